The Kier molecular flexibility index (Phi) is 6.03. The molecule has 0 fully saturated rings. The van der Waals surface area contributed by atoms with Crippen LogP contribution in [0.5, 0.6) is 11.5 Å². The van der Waals surface area contributed by atoms with Crippen LogP contribution in [-0.2, 0) is 6.18 Å². The van der Waals surface area contributed by atoms with Gasteiger partial charge in [0.1, 0.15) is 19.3 Å². The first-order valence-corrected chi connectivity index (χ1v) is 8.88. The summed E-state index contributed by atoms with van der Waals surface area (Å²) in [6, 6.07) is 16.6. The van der Waals surface area contributed by atoms with Gasteiger partial charge in [-0.15, -0.1) is 0 Å². The lowest BCUT2D eigenvalue weighted by molar-refractivity contribution is -0.137. The molecule has 3 aromatic rings. The van der Waals surface area contributed by atoms with Gasteiger partial charge in [-0.25, -0.2) is 4.79 Å². The average Bonchev–Trinajstić information content (AvgIpc) is 2.66. The van der Waals surface area contributed by atoms with Crippen LogP contribution in [0.2, 0.25) is 5.02 Å². The van der Waals surface area contributed by atoms with Crippen molar-refractivity contribution < 1.29 is 22.7 Å². The number of anilines is 2. The number of carbonyl (C=O) groups excluding carboxylic acids is 1. The van der Waals surface area contributed by atoms with Crippen LogP contribution in [-0.4, -0.2) is 13.9 Å². The quantitative estimate of drug-likeness (QED) is 0.582. The maximum atomic E-state index is 12.9. The lowest BCUT2D eigenvalue weighted by atomic mass is 9.97. The molecule has 2 N–H and O–H groups in total. The van der Waals surface area contributed by atoms with E-state index in [4.69, 9.17) is 16.3 Å². The molecule has 0 bridgehead atoms. The van der Waals surface area contributed by atoms with Crippen LogP contribution in [0.15, 0.2) is 66.7 Å². The number of amides is 2. The van der Waals surface area contributed by atoms with E-state index in [1.54, 1.807) is 24.3 Å². The van der Waals surface area contributed by atoms with E-state index in [2.05, 4.69) is 10.6 Å². The van der Waals surface area contributed by atoms with Crippen molar-refractivity contribution in [1.82, 2.24) is 0 Å². The third-order valence-corrected chi connectivity index (χ3v) is 4.23. The number of hydrogen-bond donors (Lipinski definition) is 2. The van der Waals surface area contributed by atoms with E-state index in [1.807, 2.05) is 32.1 Å². The highest BCUT2D eigenvalue weighted by atomic mass is 35.5. The molecule has 0 aliphatic carbocycles. The van der Waals surface area contributed by atoms with Gasteiger partial charge < -0.3 is 15.4 Å². The number of hydrogen-bond acceptors (Lipinski definition) is 2. The fraction of sp³-hybridized carbons (Fsp3) is 0.0500. The van der Waals surface area contributed by atoms with Crippen LogP contribution >= 0.6 is 11.6 Å². The largest absolute Gasteiger partial charge is 0.457 e. The fourth-order valence-corrected chi connectivity index (χ4v) is 2.69. The van der Waals surface area contributed by atoms with E-state index in [-0.39, 0.29) is 5.69 Å². The number of rotatable bonds is 4. The van der Waals surface area contributed by atoms with Crippen molar-refractivity contribution in [3.8, 4) is 11.5 Å². The third-order valence-electron chi connectivity index (χ3n) is 3.90. The second-order valence-electron chi connectivity index (χ2n) is 6.21. The molecule has 0 aliphatic heterocycles. The lowest BCUT2D eigenvalue weighted by Crippen LogP contribution is -2.19. The molecule has 0 aromatic heterocycles. The molecule has 29 heavy (non-hydrogen) atoms. The highest BCUT2D eigenvalue weighted by Crippen LogP contribution is 2.36. The van der Waals surface area contributed by atoms with E-state index in [9.17, 15) is 18.0 Å². The van der Waals surface area contributed by atoms with Crippen molar-refractivity contribution >= 4 is 42.3 Å². The Morgan fingerprint density at radius 3 is 1.97 bits per heavy atom. The van der Waals surface area contributed by atoms with Gasteiger partial charge in [0.2, 0.25) is 0 Å². The van der Waals surface area contributed by atoms with E-state index in [1.165, 1.54) is 6.07 Å². The molecular weight excluding hydrogens is 403 g/mol. The zero-order chi connectivity index (χ0) is 21.0. The van der Waals surface area contributed by atoms with Crippen molar-refractivity contribution in [2.24, 2.45) is 0 Å². The second kappa shape index (κ2) is 8.49. The SMILES string of the molecule is Bc1ccc(Oc2ccc(NC(=O)Nc3ccc(Cl)c(C(F)(F)F)c3)cc2)cc1. The highest BCUT2D eigenvalue weighted by Gasteiger charge is 2.33. The first kappa shape index (κ1) is 20.6. The van der Waals surface area contributed by atoms with Crippen LogP contribution in [0.3, 0.4) is 0 Å². The molecule has 3 rings (SSSR count). The molecule has 0 spiro atoms. The van der Waals surface area contributed by atoms with Gasteiger partial charge in [-0.3, -0.25) is 0 Å². The van der Waals surface area contributed by atoms with E-state index >= 15 is 0 Å². The summed E-state index contributed by atoms with van der Waals surface area (Å²) in [4.78, 5) is 12.1. The maximum Gasteiger partial charge on any atom is 0.417 e. The molecular formula is C20H15BClF3N2O2. The molecule has 0 atom stereocenters. The molecule has 0 radical (unpaired) electrons. The van der Waals surface area contributed by atoms with Crippen molar-refractivity contribution in [3.63, 3.8) is 0 Å². The smallest absolute Gasteiger partial charge is 0.417 e. The molecule has 9 heteroatoms. The van der Waals surface area contributed by atoms with E-state index in [0.29, 0.717) is 17.2 Å². The minimum absolute atomic E-state index is 0.0291. The normalized spacial score (nSPS) is 11.0. The zero-order valence-electron chi connectivity index (χ0n) is 15.2. The number of benzene rings is 3. The molecule has 148 valence electrons. The molecule has 0 aliphatic rings. The van der Waals surface area contributed by atoms with Crippen molar-refractivity contribution in [1.29, 1.82) is 0 Å². The van der Waals surface area contributed by atoms with Crippen LogP contribution in [0, 0.1) is 0 Å². The number of nitrogens with one attached hydrogen (secondary N) is 2. The van der Waals surface area contributed by atoms with Crippen LogP contribution in [0.4, 0.5) is 29.3 Å². The molecule has 0 saturated carbocycles. The number of halogens is 4. The molecule has 2 amide bonds. The monoisotopic (exact) mass is 418 g/mol. The molecule has 0 saturated heterocycles. The standard InChI is InChI=1S/C20H15BClF3N2O2/c21-12-1-6-15(7-2-12)29-16-8-3-13(4-9-16)26-19(28)27-14-5-10-18(22)17(11-14)20(23,24)25/h1-11H,21H2,(H2,26,27,28). The number of carbonyl (C=O) groups is 1. The van der Waals surface area contributed by atoms with E-state index < -0.39 is 22.8 Å². The summed E-state index contributed by atoms with van der Waals surface area (Å²) in [7, 11) is 1.98. The maximum absolute atomic E-state index is 12.9. The fourth-order valence-electron chi connectivity index (χ4n) is 2.46. The zero-order valence-corrected chi connectivity index (χ0v) is 15.9. The molecule has 3 aromatic carbocycles. The summed E-state index contributed by atoms with van der Waals surface area (Å²) in [5.74, 6) is 1.25. The Balaban J connectivity index is 1.61. The Morgan fingerprint density at radius 2 is 1.38 bits per heavy atom. The third kappa shape index (κ3) is 5.68. The molecule has 0 heterocycles. The predicted octanol–water partition coefficient (Wildman–Crippen LogP) is 5.05. The Bertz CT molecular complexity index is 1010. The topological polar surface area (TPSA) is 50.4 Å². The Labute approximate surface area is 171 Å². The number of urea groups is 1. The van der Waals surface area contributed by atoms with Gasteiger partial charge in [-0.05, 0) is 54.6 Å². The summed E-state index contributed by atoms with van der Waals surface area (Å²) >= 11 is 5.57. The van der Waals surface area contributed by atoms with Gasteiger partial charge >= 0.3 is 12.2 Å². The van der Waals surface area contributed by atoms with Crippen molar-refractivity contribution in [3.05, 3.63) is 77.3 Å². The van der Waals surface area contributed by atoms with E-state index in [0.717, 1.165) is 17.6 Å². The second-order valence-corrected chi connectivity index (χ2v) is 6.62. The predicted molar refractivity (Wildman–Crippen MR) is 110 cm³/mol. The summed E-state index contributed by atoms with van der Waals surface area (Å²) < 4.78 is 44.4. The van der Waals surface area contributed by atoms with Gasteiger partial charge in [-0.2, -0.15) is 13.2 Å². The number of alkyl halides is 3. The van der Waals surface area contributed by atoms with Crippen molar-refractivity contribution in [2.45, 2.75) is 6.18 Å². The summed E-state index contributed by atoms with van der Waals surface area (Å²) in [5, 5.41) is 4.45. The summed E-state index contributed by atoms with van der Waals surface area (Å²) in [6.07, 6.45) is -4.61. The van der Waals surface area contributed by atoms with Crippen LogP contribution in [0.25, 0.3) is 0 Å². The molecule has 0 unspecified atom stereocenters. The van der Waals surface area contributed by atoms with Gasteiger partial charge in [0, 0.05) is 11.4 Å². The lowest BCUT2D eigenvalue weighted by Gasteiger charge is -2.12. The summed E-state index contributed by atoms with van der Waals surface area (Å²) in [6.45, 7) is 0. The highest BCUT2D eigenvalue weighted by molar-refractivity contribution is 6.32. The summed E-state index contributed by atoms with van der Waals surface area (Å²) in [5.41, 5.74) is 0.517. The minimum atomic E-state index is -4.61. The first-order chi connectivity index (χ1) is 13.7. The van der Waals surface area contributed by atoms with Gasteiger partial charge in [0.05, 0.1) is 10.6 Å². The molecule has 4 nitrogen and oxygen atoms in total. The van der Waals surface area contributed by atoms with Gasteiger partial charge in [-0.1, -0.05) is 29.2 Å². The van der Waals surface area contributed by atoms with Gasteiger partial charge in [0.25, 0.3) is 0 Å². The minimum Gasteiger partial charge on any atom is -0.457 e. The first-order valence-electron chi connectivity index (χ1n) is 8.50. The number of ether oxygens (including phenoxy) is 1. The Hall–Kier alpha value is -3.13. The van der Waals surface area contributed by atoms with Gasteiger partial charge in [0.15, 0.2) is 0 Å². The van der Waals surface area contributed by atoms with Crippen LogP contribution < -0.4 is 20.8 Å². The van der Waals surface area contributed by atoms with Crippen molar-refractivity contribution in [2.75, 3.05) is 10.6 Å². The Morgan fingerprint density at radius 1 is 0.862 bits per heavy atom. The van der Waals surface area contributed by atoms with Crippen LogP contribution in [0.1, 0.15) is 5.56 Å². The average molecular weight is 419 g/mol.